The van der Waals surface area contributed by atoms with Gasteiger partial charge < -0.3 is 9.84 Å². The van der Waals surface area contributed by atoms with Crippen LogP contribution in [-0.4, -0.2) is 23.8 Å². The number of hydrazone groups is 1. The number of carbonyl (C=O) groups excluding carboxylic acids is 1. The van der Waals surface area contributed by atoms with Gasteiger partial charge in [0, 0.05) is 10.6 Å². The van der Waals surface area contributed by atoms with Gasteiger partial charge in [-0.1, -0.05) is 37.6 Å². The molecule has 1 atom stereocenters. The monoisotopic (exact) mass is 438 g/mol. The third-order valence-electron chi connectivity index (χ3n) is 3.88. The lowest BCUT2D eigenvalue weighted by Crippen LogP contribution is -2.24. The lowest BCUT2D eigenvalue weighted by atomic mass is 9.99. The quantitative estimate of drug-likeness (QED) is 0.478. The Kier molecular flexibility index (Phi) is 7.48. The molecule has 0 saturated carbocycles. The Morgan fingerprint density at radius 3 is 2.73 bits per heavy atom. The van der Waals surface area contributed by atoms with Gasteiger partial charge in [0.1, 0.15) is 11.5 Å². The van der Waals surface area contributed by atoms with Gasteiger partial charge in [-0.25, -0.2) is 5.43 Å². The summed E-state index contributed by atoms with van der Waals surface area (Å²) in [6.07, 6.45) is 2.38. The molecule has 7 heteroatoms. The molecule has 26 heavy (non-hydrogen) atoms. The summed E-state index contributed by atoms with van der Waals surface area (Å²) in [6, 6.07) is 10.8. The van der Waals surface area contributed by atoms with E-state index in [1.165, 1.54) is 17.8 Å². The summed E-state index contributed by atoms with van der Waals surface area (Å²) in [6.45, 7) is 4.14. The van der Waals surface area contributed by atoms with Crippen molar-refractivity contribution in [2.24, 2.45) is 5.10 Å². The van der Waals surface area contributed by atoms with E-state index in [2.05, 4.69) is 40.3 Å². The van der Waals surface area contributed by atoms with Crippen molar-refractivity contribution >= 4 is 39.7 Å². The van der Waals surface area contributed by atoms with Crippen LogP contribution in [0, 0.1) is 0 Å². The van der Waals surface area contributed by atoms with Gasteiger partial charge in [-0.05, 0) is 58.1 Å². The zero-order chi connectivity index (χ0) is 19.1. The van der Waals surface area contributed by atoms with Gasteiger partial charge in [0.25, 0.3) is 5.91 Å². The summed E-state index contributed by atoms with van der Waals surface area (Å²) in [5.74, 6) is 0.690. The highest BCUT2D eigenvalue weighted by atomic mass is 79.9. The maximum atomic E-state index is 11.8. The van der Waals surface area contributed by atoms with E-state index in [0.29, 0.717) is 26.7 Å². The Morgan fingerprint density at radius 1 is 1.38 bits per heavy atom. The average Bonchev–Trinajstić information content (AvgIpc) is 2.63. The minimum atomic E-state index is -0.409. The zero-order valence-electron chi connectivity index (χ0n) is 14.5. The van der Waals surface area contributed by atoms with Crippen LogP contribution in [0.2, 0.25) is 5.02 Å². The number of rotatable bonds is 7. The van der Waals surface area contributed by atoms with Crippen molar-refractivity contribution in [2.45, 2.75) is 26.2 Å². The van der Waals surface area contributed by atoms with Crippen LogP contribution in [0.15, 0.2) is 46.0 Å². The number of hydrogen-bond acceptors (Lipinski definition) is 4. The van der Waals surface area contributed by atoms with Crippen LogP contribution in [0.1, 0.15) is 37.3 Å². The number of halogens is 2. The van der Waals surface area contributed by atoms with Crippen LogP contribution in [0.25, 0.3) is 0 Å². The molecular formula is C19H20BrClN2O3. The average molecular weight is 440 g/mol. The highest BCUT2D eigenvalue weighted by molar-refractivity contribution is 9.10. The number of phenols is 1. The minimum Gasteiger partial charge on any atom is -0.506 e. The molecule has 0 unspecified atom stereocenters. The summed E-state index contributed by atoms with van der Waals surface area (Å²) in [4.78, 5) is 11.8. The Morgan fingerprint density at radius 2 is 2.08 bits per heavy atom. The van der Waals surface area contributed by atoms with Crippen molar-refractivity contribution in [3.05, 3.63) is 57.0 Å². The van der Waals surface area contributed by atoms with Crippen molar-refractivity contribution in [1.82, 2.24) is 5.43 Å². The van der Waals surface area contributed by atoms with Gasteiger partial charge in [-0.2, -0.15) is 5.10 Å². The SMILES string of the molecule is CC[C@@H](C)c1ccc(OCC(=O)N/N=C/c2cc(Cl)cc(Br)c2O)cc1. The Bertz CT molecular complexity index is 794. The first-order valence-corrected chi connectivity index (χ1v) is 9.30. The molecule has 0 spiro atoms. The molecule has 0 aliphatic carbocycles. The van der Waals surface area contributed by atoms with Crippen molar-refractivity contribution < 1.29 is 14.6 Å². The van der Waals surface area contributed by atoms with Crippen LogP contribution in [0.4, 0.5) is 0 Å². The molecule has 0 bridgehead atoms. The van der Waals surface area contributed by atoms with Crippen LogP contribution in [-0.2, 0) is 4.79 Å². The largest absolute Gasteiger partial charge is 0.506 e. The maximum absolute atomic E-state index is 11.8. The molecule has 2 N–H and O–H groups in total. The molecule has 2 aromatic carbocycles. The number of ether oxygens (including phenoxy) is 1. The Labute approximate surface area is 166 Å². The van der Waals surface area contributed by atoms with Crippen LogP contribution < -0.4 is 10.2 Å². The third-order valence-corrected chi connectivity index (χ3v) is 4.70. The summed E-state index contributed by atoms with van der Waals surface area (Å²) < 4.78 is 5.88. The Hall–Kier alpha value is -2.05. The number of carbonyl (C=O) groups is 1. The van der Waals surface area contributed by atoms with Gasteiger partial charge >= 0.3 is 0 Å². The number of amides is 1. The van der Waals surface area contributed by atoms with E-state index >= 15 is 0 Å². The minimum absolute atomic E-state index is 0.00922. The maximum Gasteiger partial charge on any atom is 0.277 e. The Balaban J connectivity index is 1.86. The van der Waals surface area contributed by atoms with Gasteiger partial charge in [0.05, 0.1) is 10.7 Å². The molecule has 0 heterocycles. The van der Waals surface area contributed by atoms with Crippen LogP contribution in [0.3, 0.4) is 0 Å². The van der Waals surface area contributed by atoms with E-state index in [0.717, 1.165) is 6.42 Å². The van der Waals surface area contributed by atoms with E-state index in [9.17, 15) is 9.90 Å². The smallest absolute Gasteiger partial charge is 0.277 e. The topological polar surface area (TPSA) is 70.9 Å². The lowest BCUT2D eigenvalue weighted by molar-refractivity contribution is -0.123. The van der Waals surface area contributed by atoms with Crippen molar-refractivity contribution in [1.29, 1.82) is 0 Å². The van der Waals surface area contributed by atoms with E-state index in [1.807, 2.05) is 24.3 Å². The standard InChI is InChI=1S/C19H20BrClN2O3/c1-3-12(2)13-4-6-16(7-5-13)26-11-18(24)23-22-10-14-8-15(21)9-17(20)19(14)25/h4-10,12,25H,3,11H2,1-2H3,(H,23,24)/b22-10+/t12-/m1/s1. The van der Waals surface area contributed by atoms with E-state index in [4.69, 9.17) is 16.3 Å². The molecule has 2 aromatic rings. The fourth-order valence-electron chi connectivity index (χ4n) is 2.17. The predicted molar refractivity (Wildman–Crippen MR) is 107 cm³/mol. The highest BCUT2D eigenvalue weighted by Crippen LogP contribution is 2.30. The molecule has 0 fully saturated rings. The normalized spacial score (nSPS) is 12.2. The van der Waals surface area contributed by atoms with Gasteiger partial charge in [0.15, 0.2) is 6.61 Å². The van der Waals surface area contributed by atoms with Gasteiger partial charge in [0.2, 0.25) is 0 Å². The molecule has 0 saturated heterocycles. The highest BCUT2D eigenvalue weighted by Gasteiger charge is 2.07. The molecule has 138 valence electrons. The first-order chi connectivity index (χ1) is 12.4. The van der Waals surface area contributed by atoms with Gasteiger partial charge in [-0.15, -0.1) is 0 Å². The predicted octanol–water partition coefficient (Wildman–Crippen LogP) is 4.85. The van der Waals surface area contributed by atoms with E-state index in [1.54, 1.807) is 6.07 Å². The van der Waals surface area contributed by atoms with E-state index in [-0.39, 0.29) is 12.4 Å². The second kappa shape index (κ2) is 9.59. The van der Waals surface area contributed by atoms with Crippen molar-refractivity contribution in [2.75, 3.05) is 6.61 Å². The number of nitrogens with zero attached hydrogens (tertiary/aromatic N) is 1. The molecule has 2 rings (SSSR count). The summed E-state index contributed by atoms with van der Waals surface area (Å²) in [7, 11) is 0. The molecule has 5 nitrogen and oxygen atoms in total. The molecule has 0 radical (unpaired) electrons. The molecule has 1 amide bonds. The number of benzene rings is 2. The van der Waals surface area contributed by atoms with Crippen molar-refractivity contribution in [3.63, 3.8) is 0 Å². The number of aromatic hydroxyl groups is 1. The first kappa shape index (κ1) is 20.3. The summed E-state index contributed by atoms with van der Waals surface area (Å²) in [5.41, 5.74) is 3.96. The molecule has 0 aromatic heterocycles. The second-order valence-corrected chi connectivity index (χ2v) is 7.08. The number of nitrogens with one attached hydrogen (secondary N) is 1. The summed E-state index contributed by atoms with van der Waals surface area (Å²) in [5, 5.41) is 14.1. The fraction of sp³-hybridized carbons (Fsp3) is 0.263. The van der Waals surface area contributed by atoms with E-state index < -0.39 is 5.91 Å². The number of hydrogen-bond donors (Lipinski definition) is 2. The first-order valence-electron chi connectivity index (χ1n) is 8.13. The fourth-order valence-corrected chi connectivity index (χ4v) is 3.00. The molecule has 0 aliphatic heterocycles. The summed E-state index contributed by atoms with van der Waals surface area (Å²) >= 11 is 9.09. The second-order valence-electron chi connectivity index (χ2n) is 5.79. The lowest BCUT2D eigenvalue weighted by Gasteiger charge is -2.10. The third kappa shape index (κ3) is 5.75. The zero-order valence-corrected chi connectivity index (χ0v) is 16.8. The molecule has 0 aliphatic rings. The molecular weight excluding hydrogens is 420 g/mol. The van der Waals surface area contributed by atoms with Crippen LogP contribution in [0.5, 0.6) is 11.5 Å². The van der Waals surface area contributed by atoms with Crippen molar-refractivity contribution in [3.8, 4) is 11.5 Å². The number of phenolic OH excluding ortho intramolecular Hbond substituents is 1. The van der Waals surface area contributed by atoms with Gasteiger partial charge in [-0.3, -0.25) is 4.79 Å². The van der Waals surface area contributed by atoms with Crippen LogP contribution >= 0.6 is 27.5 Å².